The van der Waals surface area contributed by atoms with Crippen LogP contribution in [0.5, 0.6) is 0 Å². The third-order valence-electron chi connectivity index (χ3n) is 4.53. The minimum atomic E-state index is 0.734. The van der Waals surface area contributed by atoms with Crippen LogP contribution in [0.1, 0.15) is 23.1 Å². The summed E-state index contributed by atoms with van der Waals surface area (Å²) in [5, 5.41) is 1.47. The number of halogens is 2. The molecular formula is C23H17Cl2N. The molecule has 1 nitrogen and oxygen atoms in total. The summed E-state index contributed by atoms with van der Waals surface area (Å²) in [6.07, 6.45) is 0.921. The normalized spacial score (nSPS) is 13.6. The van der Waals surface area contributed by atoms with Gasteiger partial charge in [-0.15, -0.1) is 0 Å². The van der Waals surface area contributed by atoms with Gasteiger partial charge in [0.25, 0.3) is 0 Å². The third-order valence-corrected chi connectivity index (χ3v) is 5.04. The van der Waals surface area contributed by atoms with Crippen LogP contribution in [0.25, 0.3) is 5.57 Å². The number of aliphatic imine (C=N–C) groups is 1. The molecule has 0 saturated heterocycles. The Morgan fingerprint density at radius 2 is 1.23 bits per heavy atom. The van der Waals surface area contributed by atoms with Gasteiger partial charge in [-0.1, -0.05) is 77.8 Å². The predicted octanol–water partition coefficient (Wildman–Crippen LogP) is 6.69. The average Bonchev–Trinajstić information content (AvgIpc) is 3.15. The summed E-state index contributed by atoms with van der Waals surface area (Å²) >= 11 is 12.2. The maximum atomic E-state index is 6.11. The average molecular weight is 378 g/mol. The van der Waals surface area contributed by atoms with E-state index in [1.165, 1.54) is 11.1 Å². The van der Waals surface area contributed by atoms with Gasteiger partial charge >= 0.3 is 0 Å². The largest absolute Gasteiger partial charge is 0.284 e. The van der Waals surface area contributed by atoms with Gasteiger partial charge < -0.3 is 0 Å². The summed E-state index contributed by atoms with van der Waals surface area (Å²) in [5.41, 5.74) is 6.96. The summed E-state index contributed by atoms with van der Waals surface area (Å²) < 4.78 is 0. The zero-order valence-corrected chi connectivity index (χ0v) is 15.6. The van der Waals surface area contributed by atoms with Crippen molar-refractivity contribution in [3.63, 3.8) is 0 Å². The van der Waals surface area contributed by atoms with Crippen molar-refractivity contribution in [3.05, 3.63) is 111 Å². The lowest BCUT2D eigenvalue weighted by Crippen LogP contribution is -2.04. The van der Waals surface area contributed by atoms with Crippen LogP contribution in [0.2, 0.25) is 10.0 Å². The molecule has 0 aliphatic carbocycles. The summed E-state index contributed by atoms with van der Waals surface area (Å²) in [6, 6.07) is 26.4. The third kappa shape index (κ3) is 3.46. The topological polar surface area (TPSA) is 12.4 Å². The lowest BCUT2D eigenvalue weighted by atomic mass is 9.88. The first-order valence-corrected chi connectivity index (χ1v) is 9.33. The van der Waals surface area contributed by atoms with E-state index < -0.39 is 0 Å². The molecule has 0 atom stereocenters. The molecule has 1 heterocycles. The quantitative estimate of drug-likeness (QED) is 0.482. The Morgan fingerprint density at radius 1 is 0.692 bits per heavy atom. The first kappa shape index (κ1) is 17.1. The first-order chi connectivity index (χ1) is 12.7. The molecule has 0 fully saturated rings. The SMILES string of the molecule is Clc1ccc(C(=C2CCN=C2c2ccccc2)c2ccc(Cl)cc2)cc1. The van der Waals surface area contributed by atoms with Crippen molar-refractivity contribution in [2.75, 3.05) is 6.54 Å². The Hall–Kier alpha value is -2.35. The van der Waals surface area contributed by atoms with Crippen molar-refractivity contribution < 1.29 is 0 Å². The van der Waals surface area contributed by atoms with E-state index in [0.717, 1.165) is 45.4 Å². The first-order valence-electron chi connectivity index (χ1n) is 8.57. The van der Waals surface area contributed by atoms with Crippen LogP contribution in [0.4, 0.5) is 0 Å². The van der Waals surface area contributed by atoms with E-state index in [2.05, 4.69) is 48.5 Å². The lowest BCUT2D eigenvalue weighted by molar-refractivity contribution is 1.04. The van der Waals surface area contributed by atoms with E-state index in [9.17, 15) is 0 Å². The molecule has 0 N–H and O–H groups in total. The molecule has 0 spiro atoms. The van der Waals surface area contributed by atoms with Gasteiger partial charge in [0.05, 0.1) is 5.71 Å². The van der Waals surface area contributed by atoms with Gasteiger partial charge in [-0.3, -0.25) is 4.99 Å². The second kappa shape index (κ2) is 7.49. The zero-order valence-electron chi connectivity index (χ0n) is 14.1. The van der Waals surface area contributed by atoms with Gasteiger partial charge in [-0.05, 0) is 58.5 Å². The number of rotatable bonds is 3. The van der Waals surface area contributed by atoms with E-state index >= 15 is 0 Å². The molecule has 0 unspecified atom stereocenters. The molecule has 4 rings (SSSR count). The zero-order chi connectivity index (χ0) is 17.9. The van der Waals surface area contributed by atoms with Crippen LogP contribution < -0.4 is 0 Å². The highest BCUT2D eigenvalue weighted by Gasteiger charge is 2.21. The van der Waals surface area contributed by atoms with Crippen molar-refractivity contribution in [2.24, 2.45) is 4.99 Å². The maximum Gasteiger partial charge on any atom is 0.0685 e. The number of hydrogen-bond acceptors (Lipinski definition) is 1. The van der Waals surface area contributed by atoms with Gasteiger partial charge in [-0.25, -0.2) is 0 Å². The Balaban J connectivity index is 1.92. The Labute approximate surface area is 163 Å². The predicted molar refractivity (Wildman–Crippen MR) is 111 cm³/mol. The highest BCUT2D eigenvalue weighted by molar-refractivity contribution is 6.31. The molecule has 3 aromatic rings. The molecule has 1 aliphatic heterocycles. The standard InChI is InChI=1S/C23H17Cl2N/c24-19-10-6-16(7-11-19)22(17-8-12-20(25)13-9-17)21-14-15-26-23(21)18-4-2-1-3-5-18/h1-13H,14-15H2. The monoisotopic (exact) mass is 377 g/mol. The molecule has 128 valence electrons. The van der Waals surface area contributed by atoms with Crippen LogP contribution in [-0.2, 0) is 0 Å². The van der Waals surface area contributed by atoms with Gasteiger partial charge in [0.1, 0.15) is 0 Å². The number of nitrogens with zero attached hydrogens (tertiary/aromatic N) is 1. The van der Waals surface area contributed by atoms with Crippen molar-refractivity contribution in [2.45, 2.75) is 6.42 Å². The molecule has 3 heteroatoms. The highest BCUT2D eigenvalue weighted by Crippen LogP contribution is 2.34. The van der Waals surface area contributed by atoms with E-state index in [-0.39, 0.29) is 0 Å². The fourth-order valence-corrected chi connectivity index (χ4v) is 3.60. The smallest absolute Gasteiger partial charge is 0.0685 e. The molecule has 26 heavy (non-hydrogen) atoms. The summed E-state index contributed by atoms with van der Waals surface area (Å²) in [7, 11) is 0. The summed E-state index contributed by atoms with van der Waals surface area (Å²) in [4.78, 5) is 4.80. The van der Waals surface area contributed by atoms with Gasteiger partial charge in [0.2, 0.25) is 0 Å². The van der Waals surface area contributed by atoms with E-state index in [0.29, 0.717) is 0 Å². The molecule has 0 aromatic heterocycles. The van der Waals surface area contributed by atoms with Gasteiger partial charge in [0.15, 0.2) is 0 Å². The molecule has 1 aliphatic rings. The van der Waals surface area contributed by atoms with Crippen LogP contribution in [-0.4, -0.2) is 12.3 Å². The Bertz CT molecular complexity index is 921. The molecule has 0 radical (unpaired) electrons. The summed E-state index contributed by atoms with van der Waals surface area (Å²) in [5.74, 6) is 0. The molecule has 0 amide bonds. The molecular weight excluding hydrogens is 361 g/mol. The fraction of sp³-hybridized carbons (Fsp3) is 0.0870. The van der Waals surface area contributed by atoms with Gasteiger partial charge in [-0.2, -0.15) is 0 Å². The van der Waals surface area contributed by atoms with Crippen LogP contribution >= 0.6 is 23.2 Å². The van der Waals surface area contributed by atoms with Crippen molar-refractivity contribution in [1.29, 1.82) is 0 Å². The van der Waals surface area contributed by atoms with Crippen LogP contribution in [0, 0.1) is 0 Å². The summed E-state index contributed by atoms with van der Waals surface area (Å²) in [6.45, 7) is 0.810. The van der Waals surface area contributed by atoms with E-state index in [4.69, 9.17) is 28.2 Å². The maximum absolute atomic E-state index is 6.11. The second-order valence-electron chi connectivity index (χ2n) is 6.21. The number of benzene rings is 3. The van der Waals surface area contributed by atoms with Gasteiger partial charge in [0, 0.05) is 16.6 Å². The van der Waals surface area contributed by atoms with Crippen molar-refractivity contribution in [3.8, 4) is 0 Å². The molecule has 0 bridgehead atoms. The Morgan fingerprint density at radius 3 is 1.77 bits per heavy atom. The number of hydrogen-bond donors (Lipinski definition) is 0. The van der Waals surface area contributed by atoms with Crippen LogP contribution in [0.15, 0.2) is 89.4 Å². The minimum absolute atomic E-state index is 0.734. The highest BCUT2D eigenvalue weighted by atomic mass is 35.5. The Kier molecular flexibility index (Phi) is 4.92. The second-order valence-corrected chi connectivity index (χ2v) is 7.09. The van der Waals surface area contributed by atoms with E-state index in [1.807, 2.05) is 30.3 Å². The lowest BCUT2D eigenvalue weighted by Gasteiger charge is -2.15. The van der Waals surface area contributed by atoms with Crippen LogP contribution in [0.3, 0.4) is 0 Å². The van der Waals surface area contributed by atoms with Crippen molar-refractivity contribution >= 4 is 34.5 Å². The van der Waals surface area contributed by atoms with Crippen molar-refractivity contribution in [1.82, 2.24) is 0 Å². The minimum Gasteiger partial charge on any atom is -0.284 e. The fourth-order valence-electron chi connectivity index (χ4n) is 3.35. The van der Waals surface area contributed by atoms with E-state index in [1.54, 1.807) is 0 Å². The molecule has 0 saturated carbocycles. The molecule has 3 aromatic carbocycles.